The van der Waals surface area contributed by atoms with Crippen LogP contribution in [0.5, 0.6) is 0 Å². The number of hydrogen-bond donors (Lipinski definition) is 1. The first-order valence-corrected chi connectivity index (χ1v) is 7.46. The molecule has 0 bridgehead atoms. The molecule has 0 aromatic heterocycles. The van der Waals surface area contributed by atoms with Crippen LogP contribution >= 0.6 is 0 Å². The summed E-state index contributed by atoms with van der Waals surface area (Å²) in [6.45, 7) is 6.44. The third kappa shape index (κ3) is 17.4. The highest BCUT2D eigenvalue weighted by atomic mass is 32.3. The summed E-state index contributed by atoms with van der Waals surface area (Å²) < 4.78 is 53.2. The fourth-order valence-corrected chi connectivity index (χ4v) is 1.30. The predicted molar refractivity (Wildman–Crippen MR) is 71.0 cm³/mol. The SMILES string of the molecule is C=CCOCCOCCOCCOCCOS(=O)(=O)O. The van der Waals surface area contributed by atoms with Gasteiger partial charge in [-0.05, 0) is 0 Å². The van der Waals surface area contributed by atoms with Crippen molar-refractivity contribution in [2.45, 2.75) is 0 Å². The van der Waals surface area contributed by atoms with Crippen LogP contribution in [0.4, 0.5) is 0 Å². The molecule has 0 aliphatic rings. The highest BCUT2D eigenvalue weighted by Gasteiger charge is 2.02. The lowest BCUT2D eigenvalue weighted by Crippen LogP contribution is -2.14. The molecule has 0 atom stereocenters. The second-order valence-corrected chi connectivity index (χ2v) is 4.54. The van der Waals surface area contributed by atoms with Gasteiger partial charge >= 0.3 is 10.4 Å². The van der Waals surface area contributed by atoms with Gasteiger partial charge in [0.15, 0.2) is 0 Å². The quantitative estimate of drug-likeness (QED) is 0.257. The van der Waals surface area contributed by atoms with Crippen molar-refractivity contribution in [2.75, 3.05) is 59.5 Å². The van der Waals surface area contributed by atoms with Gasteiger partial charge in [0.1, 0.15) is 0 Å². The number of rotatable bonds is 15. The van der Waals surface area contributed by atoms with Gasteiger partial charge in [-0.15, -0.1) is 6.58 Å². The van der Waals surface area contributed by atoms with Crippen molar-refractivity contribution in [3.63, 3.8) is 0 Å². The van der Waals surface area contributed by atoms with Crippen molar-refractivity contribution >= 4 is 10.4 Å². The van der Waals surface area contributed by atoms with Gasteiger partial charge in [-0.3, -0.25) is 4.55 Å². The second kappa shape index (κ2) is 13.4. The Morgan fingerprint density at radius 3 is 1.60 bits per heavy atom. The van der Waals surface area contributed by atoms with Crippen LogP contribution in [0.1, 0.15) is 0 Å². The molecular weight excluding hydrogens is 292 g/mol. The summed E-state index contributed by atoms with van der Waals surface area (Å²) in [4.78, 5) is 0. The second-order valence-electron chi connectivity index (χ2n) is 3.45. The Morgan fingerprint density at radius 1 is 0.800 bits per heavy atom. The summed E-state index contributed by atoms with van der Waals surface area (Å²) in [6, 6.07) is 0. The van der Waals surface area contributed by atoms with E-state index in [0.29, 0.717) is 46.2 Å². The molecule has 0 saturated carbocycles. The smallest absolute Gasteiger partial charge is 0.377 e. The zero-order valence-electron chi connectivity index (χ0n) is 11.4. The molecular formula is C11H22O8S. The van der Waals surface area contributed by atoms with E-state index in [9.17, 15) is 8.42 Å². The summed E-state index contributed by atoms with van der Waals surface area (Å²) in [7, 11) is -4.38. The molecule has 8 nitrogen and oxygen atoms in total. The highest BCUT2D eigenvalue weighted by molar-refractivity contribution is 7.80. The molecule has 0 amide bonds. The first kappa shape index (κ1) is 19.4. The van der Waals surface area contributed by atoms with E-state index in [2.05, 4.69) is 10.8 Å². The van der Waals surface area contributed by atoms with Gasteiger partial charge in [0.05, 0.1) is 59.5 Å². The van der Waals surface area contributed by atoms with Crippen LogP contribution in [0.25, 0.3) is 0 Å². The lowest BCUT2D eigenvalue weighted by molar-refractivity contribution is -0.00234. The van der Waals surface area contributed by atoms with Crippen molar-refractivity contribution in [2.24, 2.45) is 0 Å². The topological polar surface area (TPSA) is 101 Å². The van der Waals surface area contributed by atoms with E-state index >= 15 is 0 Å². The van der Waals surface area contributed by atoms with Gasteiger partial charge in [0.25, 0.3) is 0 Å². The largest absolute Gasteiger partial charge is 0.397 e. The monoisotopic (exact) mass is 314 g/mol. The first-order valence-electron chi connectivity index (χ1n) is 6.10. The van der Waals surface area contributed by atoms with Crippen LogP contribution in [0, 0.1) is 0 Å². The molecule has 20 heavy (non-hydrogen) atoms. The average Bonchev–Trinajstić information content (AvgIpc) is 2.38. The fourth-order valence-electron chi connectivity index (χ4n) is 1.02. The molecule has 0 aliphatic carbocycles. The minimum Gasteiger partial charge on any atom is -0.377 e. The molecule has 0 spiro atoms. The minimum atomic E-state index is -4.38. The van der Waals surface area contributed by atoms with Crippen molar-refractivity contribution in [1.82, 2.24) is 0 Å². The summed E-state index contributed by atoms with van der Waals surface area (Å²) in [5.74, 6) is 0. The van der Waals surface area contributed by atoms with Crippen LogP contribution in [0.15, 0.2) is 12.7 Å². The van der Waals surface area contributed by atoms with Gasteiger partial charge in [-0.1, -0.05) is 6.08 Å². The molecule has 120 valence electrons. The maximum absolute atomic E-state index is 10.2. The van der Waals surface area contributed by atoms with E-state index in [0.717, 1.165) is 0 Å². The lowest BCUT2D eigenvalue weighted by Gasteiger charge is -2.06. The zero-order valence-corrected chi connectivity index (χ0v) is 12.2. The Bertz CT molecular complexity index is 316. The van der Waals surface area contributed by atoms with E-state index in [1.165, 1.54) is 0 Å². The van der Waals surface area contributed by atoms with Gasteiger partial charge in [-0.25, -0.2) is 4.18 Å². The molecule has 0 unspecified atom stereocenters. The molecule has 9 heteroatoms. The summed E-state index contributed by atoms with van der Waals surface area (Å²) in [5.41, 5.74) is 0. The van der Waals surface area contributed by atoms with Gasteiger partial charge < -0.3 is 18.9 Å². The maximum atomic E-state index is 10.2. The molecule has 0 saturated heterocycles. The van der Waals surface area contributed by atoms with Crippen LogP contribution in [0.3, 0.4) is 0 Å². The first-order chi connectivity index (χ1) is 9.56. The Morgan fingerprint density at radius 2 is 1.20 bits per heavy atom. The van der Waals surface area contributed by atoms with Crippen LogP contribution < -0.4 is 0 Å². The normalized spacial score (nSPS) is 11.7. The van der Waals surface area contributed by atoms with Crippen molar-refractivity contribution in [3.05, 3.63) is 12.7 Å². The van der Waals surface area contributed by atoms with Crippen molar-refractivity contribution < 1.29 is 36.1 Å². The molecule has 1 N–H and O–H groups in total. The minimum absolute atomic E-state index is 0.0558. The van der Waals surface area contributed by atoms with Gasteiger partial charge in [0, 0.05) is 0 Å². The van der Waals surface area contributed by atoms with E-state index in [1.807, 2.05) is 0 Å². The molecule has 0 aliphatic heterocycles. The lowest BCUT2D eigenvalue weighted by atomic mass is 10.6. The Kier molecular flexibility index (Phi) is 13.1. The predicted octanol–water partition coefficient (Wildman–Crippen LogP) is 0.0582. The summed E-state index contributed by atoms with van der Waals surface area (Å²) in [5, 5.41) is 0. The number of ether oxygens (including phenoxy) is 4. The fraction of sp³-hybridized carbons (Fsp3) is 0.818. The van der Waals surface area contributed by atoms with E-state index in [-0.39, 0.29) is 13.2 Å². The molecule has 0 radical (unpaired) electrons. The Hall–Kier alpha value is -0.550. The molecule has 0 fully saturated rings. The Labute approximate surface area is 119 Å². The highest BCUT2D eigenvalue weighted by Crippen LogP contribution is 1.87. The van der Waals surface area contributed by atoms with E-state index in [4.69, 9.17) is 23.5 Å². The molecule has 0 aromatic rings. The zero-order chi connectivity index (χ0) is 15.1. The average molecular weight is 314 g/mol. The maximum Gasteiger partial charge on any atom is 0.397 e. The standard InChI is InChI=1S/C11H22O8S/c1-2-3-15-4-5-16-6-7-17-8-9-18-10-11-19-20(12,13)14/h2H,1,3-11H2,(H,12,13,14). The number of hydrogen-bond acceptors (Lipinski definition) is 7. The molecule has 0 aromatic carbocycles. The summed E-state index contributed by atoms with van der Waals surface area (Å²) >= 11 is 0. The third-order valence-electron chi connectivity index (χ3n) is 1.81. The van der Waals surface area contributed by atoms with Gasteiger partial charge in [-0.2, -0.15) is 8.42 Å². The van der Waals surface area contributed by atoms with Crippen LogP contribution in [-0.2, 0) is 33.5 Å². The van der Waals surface area contributed by atoms with Crippen LogP contribution in [0.2, 0.25) is 0 Å². The molecule has 0 rings (SSSR count). The van der Waals surface area contributed by atoms with E-state index in [1.54, 1.807) is 6.08 Å². The van der Waals surface area contributed by atoms with Crippen molar-refractivity contribution in [3.8, 4) is 0 Å². The molecule has 0 heterocycles. The van der Waals surface area contributed by atoms with Crippen molar-refractivity contribution in [1.29, 1.82) is 0 Å². The van der Waals surface area contributed by atoms with Crippen LogP contribution in [-0.4, -0.2) is 72.4 Å². The van der Waals surface area contributed by atoms with E-state index < -0.39 is 10.4 Å². The Balaban J connectivity index is 3.04. The summed E-state index contributed by atoms with van der Waals surface area (Å²) in [6.07, 6.45) is 1.67. The van der Waals surface area contributed by atoms with Gasteiger partial charge in [0.2, 0.25) is 0 Å². The third-order valence-corrected chi connectivity index (χ3v) is 2.28.